The molecule has 184 valence electrons. The molecule has 4 heterocycles. The minimum absolute atomic E-state index is 0.147. The molecule has 4 rings (SSSR count). The number of thioether (sulfide) groups is 1. The molecule has 2 aliphatic rings. The Labute approximate surface area is 211 Å². The summed E-state index contributed by atoms with van der Waals surface area (Å²) in [7, 11) is 0. The van der Waals surface area contributed by atoms with Gasteiger partial charge in [0.1, 0.15) is 21.8 Å². The lowest BCUT2D eigenvalue weighted by Crippen LogP contribution is -2.57. The average molecular weight is 516 g/mol. The van der Waals surface area contributed by atoms with Crippen LogP contribution in [-0.2, 0) is 19.1 Å². The van der Waals surface area contributed by atoms with Gasteiger partial charge in [0.05, 0.1) is 23.5 Å². The lowest BCUT2D eigenvalue weighted by Gasteiger charge is -2.36. The van der Waals surface area contributed by atoms with Gasteiger partial charge in [-0.25, -0.2) is 4.98 Å². The van der Waals surface area contributed by atoms with Crippen LogP contribution in [-0.4, -0.2) is 68.7 Å². The number of fused-ring (bicyclic) bond motifs is 1. The van der Waals surface area contributed by atoms with E-state index in [1.807, 2.05) is 19.9 Å². The fraction of sp³-hybridized carbons (Fsp3) is 0.391. The summed E-state index contributed by atoms with van der Waals surface area (Å²) in [6.45, 7) is 6.60. The van der Waals surface area contributed by atoms with Crippen molar-refractivity contribution in [3.8, 4) is 0 Å². The largest absolute Gasteiger partial charge is 0.466 e. The molecule has 2 fully saturated rings. The molecule has 2 saturated heterocycles. The number of hydrogen-bond donors (Lipinski definition) is 1. The minimum Gasteiger partial charge on any atom is -0.466 e. The van der Waals surface area contributed by atoms with E-state index in [1.54, 1.807) is 24.1 Å². The highest BCUT2D eigenvalue weighted by Gasteiger charge is 2.36. The molecular weight excluding hydrogens is 490 g/mol. The summed E-state index contributed by atoms with van der Waals surface area (Å²) in [4.78, 5) is 59.7. The Hall–Kier alpha value is -3.25. The maximum atomic E-state index is 13.7. The van der Waals surface area contributed by atoms with Gasteiger partial charge in [-0.2, -0.15) is 0 Å². The number of ether oxygens (including phenoxy) is 1. The molecule has 35 heavy (non-hydrogen) atoms. The molecular formula is C23H25N5O5S2. The quantitative estimate of drug-likeness (QED) is 0.347. The van der Waals surface area contributed by atoms with Crippen molar-refractivity contribution in [2.24, 2.45) is 0 Å². The molecule has 1 atom stereocenters. The van der Waals surface area contributed by atoms with Gasteiger partial charge in [-0.1, -0.05) is 30.0 Å². The van der Waals surface area contributed by atoms with Gasteiger partial charge in [0.15, 0.2) is 0 Å². The van der Waals surface area contributed by atoms with Gasteiger partial charge < -0.3 is 15.0 Å². The Morgan fingerprint density at radius 3 is 2.77 bits per heavy atom. The standard InChI is InChI=1S/C23H25N5O5S2/c1-4-26-22(32)16(35-23(26)34)10-14-19(25-17-7-6-13(3)12-28(17)21(14)31)27-9-8-24-20(30)15(27)11-18(29)33-5-2/h6-7,10,12,15H,4-5,8-9,11H2,1-3H3,(H,24,30)/b16-10-. The molecule has 2 aromatic rings. The monoisotopic (exact) mass is 515 g/mol. The summed E-state index contributed by atoms with van der Waals surface area (Å²) in [6.07, 6.45) is 2.95. The van der Waals surface area contributed by atoms with E-state index >= 15 is 0 Å². The molecule has 1 unspecified atom stereocenters. The lowest BCUT2D eigenvalue weighted by atomic mass is 10.1. The van der Waals surface area contributed by atoms with Crippen LogP contribution in [0.4, 0.5) is 5.82 Å². The third-order valence-corrected chi connectivity index (χ3v) is 7.10. The zero-order valence-corrected chi connectivity index (χ0v) is 21.2. The second-order valence-electron chi connectivity index (χ2n) is 8.02. The fourth-order valence-corrected chi connectivity index (χ4v) is 5.41. The van der Waals surface area contributed by atoms with Crippen molar-refractivity contribution in [3.63, 3.8) is 0 Å². The fourth-order valence-electron chi connectivity index (χ4n) is 4.04. The van der Waals surface area contributed by atoms with Crippen LogP contribution in [0.3, 0.4) is 0 Å². The van der Waals surface area contributed by atoms with Gasteiger partial charge in [-0.15, -0.1) is 0 Å². The van der Waals surface area contributed by atoms with Gasteiger partial charge in [0.2, 0.25) is 5.91 Å². The SMILES string of the molecule is CCOC(=O)CC1C(=O)NCCN1c1nc2ccc(C)cn2c(=O)c1/C=C1\SC(=S)N(CC)C1=O. The van der Waals surface area contributed by atoms with Gasteiger partial charge in [0, 0.05) is 25.8 Å². The molecule has 10 nitrogen and oxygen atoms in total. The minimum atomic E-state index is -0.917. The van der Waals surface area contributed by atoms with E-state index in [4.69, 9.17) is 21.9 Å². The molecule has 0 aliphatic carbocycles. The van der Waals surface area contributed by atoms with E-state index < -0.39 is 17.6 Å². The maximum absolute atomic E-state index is 13.7. The number of amides is 2. The number of piperazine rings is 1. The van der Waals surface area contributed by atoms with Crippen molar-refractivity contribution in [2.75, 3.05) is 31.1 Å². The van der Waals surface area contributed by atoms with Gasteiger partial charge >= 0.3 is 5.97 Å². The number of nitrogens with zero attached hydrogens (tertiary/aromatic N) is 4. The normalized spacial score (nSPS) is 19.6. The van der Waals surface area contributed by atoms with Crippen molar-refractivity contribution in [1.82, 2.24) is 19.6 Å². The number of esters is 1. The van der Waals surface area contributed by atoms with E-state index in [2.05, 4.69) is 5.32 Å². The molecule has 2 amide bonds. The van der Waals surface area contributed by atoms with Crippen LogP contribution in [0.2, 0.25) is 0 Å². The van der Waals surface area contributed by atoms with E-state index in [0.29, 0.717) is 34.5 Å². The molecule has 0 spiro atoms. The molecule has 0 bridgehead atoms. The smallest absolute Gasteiger partial charge is 0.308 e. The van der Waals surface area contributed by atoms with E-state index in [1.165, 1.54) is 15.4 Å². The third-order valence-electron chi connectivity index (χ3n) is 5.72. The predicted octanol–water partition coefficient (Wildman–Crippen LogP) is 1.48. The summed E-state index contributed by atoms with van der Waals surface area (Å²) in [5.41, 5.74) is 0.995. The van der Waals surface area contributed by atoms with Crippen LogP contribution < -0.4 is 15.8 Å². The molecule has 1 N–H and O–H groups in total. The first-order valence-corrected chi connectivity index (χ1v) is 12.5. The number of carbonyl (C=O) groups is 3. The lowest BCUT2D eigenvalue weighted by molar-refractivity contribution is -0.145. The number of nitrogens with one attached hydrogen (secondary N) is 1. The van der Waals surface area contributed by atoms with E-state index in [-0.39, 0.29) is 36.2 Å². The van der Waals surface area contributed by atoms with Crippen molar-refractivity contribution in [3.05, 3.63) is 44.7 Å². The number of anilines is 1. The summed E-state index contributed by atoms with van der Waals surface area (Å²) < 4.78 is 6.88. The van der Waals surface area contributed by atoms with Crippen LogP contribution >= 0.6 is 24.0 Å². The van der Waals surface area contributed by atoms with Gasteiger partial charge in [-0.3, -0.25) is 28.5 Å². The highest BCUT2D eigenvalue weighted by molar-refractivity contribution is 8.26. The first-order valence-electron chi connectivity index (χ1n) is 11.2. The molecule has 0 saturated carbocycles. The summed E-state index contributed by atoms with van der Waals surface area (Å²) >= 11 is 6.43. The number of aryl methyl sites for hydroxylation is 1. The Kier molecular flexibility index (Phi) is 7.22. The van der Waals surface area contributed by atoms with Crippen LogP contribution in [0, 0.1) is 6.92 Å². The Morgan fingerprint density at radius 2 is 2.09 bits per heavy atom. The van der Waals surface area contributed by atoms with Crippen molar-refractivity contribution in [2.45, 2.75) is 33.2 Å². The average Bonchev–Trinajstić information content (AvgIpc) is 3.09. The second-order valence-corrected chi connectivity index (χ2v) is 9.70. The molecule has 12 heteroatoms. The third kappa shape index (κ3) is 4.80. The van der Waals surface area contributed by atoms with Crippen molar-refractivity contribution in [1.29, 1.82) is 0 Å². The highest BCUT2D eigenvalue weighted by atomic mass is 32.2. The number of pyridine rings is 1. The van der Waals surface area contributed by atoms with E-state index in [0.717, 1.165) is 17.3 Å². The molecule has 0 aromatic carbocycles. The molecule has 2 aromatic heterocycles. The van der Waals surface area contributed by atoms with Crippen molar-refractivity contribution < 1.29 is 19.1 Å². The second kappa shape index (κ2) is 10.2. The zero-order valence-electron chi connectivity index (χ0n) is 19.6. The van der Waals surface area contributed by atoms with Crippen molar-refractivity contribution >= 4 is 63.6 Å². The summed E-state index contributed by atoms with van der Waals surface area (Å²) in [5, 5.41) is 2.76. The number of rotatable bonds is 6. The topological polar surface area (TPSA) is 113 Å². The molecule has 2 aliphatic heterocycles. The first-order chi connectivity index (χ1) is 16.7. The first kappa shape index (κ1) is 24.9. The number of thiocarbonyl (C=S) groups is 1. The Bertz CT molecular complexity index is 1320. The number of likely N-dealkylation sites (N-methyl/N-ethyl adjacent to an activating group) is 1. The number of carbonyl (C=O) groups excluding carboxylic acids is 3. The van der Waals surface area contributed by atoms with Crippen LogP contribution in [0.1, 0.15) is 31.4 Å². The summed E-state index contributed by atoms with van der Waals surface area (Å²) in [5.74, 6) is -0.956. The summed E-state index contributed by atoms with van der Waals surface area (Å²) in [6, 6.07) is 2.63. The molecule has 0 radical (unpaired) electrons. The zero-order chi connectivity index (χ0) is 25.3. The maximum Gasteiger partial charge on any atom is 0.308 e. The van der Waals surface area contributed by atoms with Gasteiger partial charge in [0.25, 0.3) is 11.5 Å². The van der Waals surface area contributed by atoms with Crippen LogP contribution in [0.25, 0.3) is 11.7 Å². The highest BCUT2D eigenvalue weighted by Crippen LogP contribution is 2.34. The Balaban J connectivity index is 1.90. The van der Waals surface area contributed by atoms with Crippen LogP contribution in [0.15, 0.2) is 28.0 Å². The Morgan fingerprint density at radius 1 is 1.31 bits per heavy atom. The van der Waals surface area contributed by atoms with E-state index in [9.17, 15) is 19.2 Å². The predicted molar refractivity (Wildman–Crippen MR) is 137 cm³/mol. The van der Waals surface area contributed by atoms with Gasteiger partial charge in [-0.05, 0) is 38.5 Å². The van der Waals surface area contributed by atoms with Crippen LogP contribution in [0.5, 0.6) is 0 Å². The number of aromatic nitrogens is 2. The number of hydrogen-bond acceptors (Lipinski definition) is 9.